The van der Waals surface area contributed by atoms with Gasteiger partial charge in [0.25, 0.3) is 11.7 Å². The maximum absolute atomic E-state index is 13.1. The van der Waals surface area contributed by atoms with Crippen molar-refractivity contribution < 1.29 is 24.5 Å². The number of phenolic OH excluding ortho intramolecular Hbond substituents is 1. The number of likely N-dealkylation sites (tertiary alicyclic amines) is 1. The van der Waals surface area contributed by atoms with Crippen LogP contribution in [0.5, 0.6) is 11.5 Å². The van der Waals surface area contributed by atoms with Crippen molar-refractivity contribution in [1.82, 2.24) is 4.90 Å². The molecule has 3 aromatic rings. The Morgan fingerprint density at radius 2 is 1.70 bits per heavy atom. The number of amides is 1. The van der Waals surface area contributed by atoms with Gasteiger partial charge in [-0.1, -0.05) is 61.5 Å². The Labute approximate surface area is 192 Å². The average molecular weight is 443 g/mol. The summed E-state index contributed by atoms with van der Waals surface area (Å²) in [6, 6.07) is 21.7. The van der Waals surface area contributed by atoms with Gasteiger partial charge in [0.2, 0.25) is 0 Å². The summed E-state index contributed by atoms with van der Waals surface area (Å²) in [6.45, 7) is 2.72. The van der Waals surface area contributed by atoms with Crippen LogP contribution in [0.15, 0.2) is 84.4 Å². The van der Waals surface area contributed by atoms with E-state index in [2.05, 4.69) is 0 Å². The molecule has 0 aliphatic carbocycles. The normalized spacial score (nSPS) is 17.4. The minimum Gasteiger partial charge on any atom is -0.508 e. The summed E-state index contributed by atoms with van der Waals surface area (Å²) in [5, 5.41) is 20.9. The fourth-order valence-corrected chi connectivity index (χ4v) is 3.93. The molecule has 1 unspecified atom stereocenters. The van der Waals surface area contributed by atoms with E-state index in [9.17, 15) is 19.8 Å². The average Bonchev–Trinajstić information content (AvgIpc) is 3.08. The highest BCUT2D eigenvalue weighted by Crippen LogP contribution is 2.40. The number of nitrogens with zero attached hydrogens (tertiary/aromatic N) is 1. The van der Waals surface area contributed by atoms with Crippen LogP contribution >= 0.6 is 0 Å². The smallest absolute Gasteiger partial charge is 0.295 e. The lowest BCUT2D eigenvalue weighted by Gasteiger charge is -2.25. The standard InChI is InChI=1S/C27H25NO5/c1-2-15-33-22-10-6-9-20(16-22)25(30)23-24(19-11-13-21(29)14-12-19)28(27(32)26(23)31)17-18-7-4-3-5-8-18/h3-14,16,24,29-30H,2,15,17H2,1H3. The van der Waals surface area contributed by atoms with Gasteiger partial charge in [-0.2, -0.15) is 0 Å². The lowest BCUT2D eigenvalue weighted by atomic mass is 9.95. The zero-order valence-electron chi connectivity index (χ0n) is 18.3. The van der Waals surface area contributed by atoms with Crippen molar-refractivity contribution in [1.29, 1.82) is 0 Å². The minimum atomic E-state index is -0.800. The van der Waals surface area contributed by atoms with Gasteiger partial charge in [0.05, 0.1) is 18.2 Å². The molecular formula is C27H25NO5. The van der Waals surface area contributed by atoms with Crippen molar-refractivity contribution in [2.45, 2.75) is 25.9 Å². The third-order valence-electron chi connectivity index (χ3n) is 5.52. The first kappa shape index (κ1) is 22.1. The predicted octanol–water partition coefficient (Wildman–Crippen LogP) is 4.80. The molecule has 2 N–H and O–H groups in total. The Bertz CT molecular complexity index is 1180. The number of rotatable bonds is 7. The molecule has 6 nitrogen and oxygen atoms in total. The van der Waals surface area contributed by atoms with Crippen LogP contribution in [0.3, 0.4) is 0 Å². The topological polar surface area (TPSA) is 87.1 Å². The Morgan fingerprint density at radius 1 is 0.970 bits per heavy atom. The van der Waals surface area contributed by atoms with Crippen LogP contribution in [-0.4, -0.2) is 33.4 Å². The lowest BCUT2D eigenvalue weighted by molar-refractivity contribution is -0.140. The molecule has 168 valence electrons. The monoisotopic (exact) mass is 443 g/mol. The Morgan fingerprint density at radius 3 is 2.39 bits per heavy atom. The van der Waals surface area contributed by atoms with Gasteiger partial charge in [-0.15, -0.1) is 0 Å². The van der Waals surface area contributed by atoms with Crippen LogP contribution < -0.4 is 4.74 Å². The number of aromatic hydroxyl groups is 1. The number of Topliss-reactive ketones (excluding diaryl/α,β-unsaturated/α-hetero) is 1. The van der Waals surface area contributed by atoms with Crippen molar-refractivity contribution in [2.24, 2.45) is 0 Å². The number of hydrogen-bond donors (Lipinski definition) is 2. The molecule has 1 fully saturated rings. The molecule has 33 heavy (non-hydrogen) atoms. The third kappa shape index (κ3) is 4.60. The SMILES string of the molecule is CCCOc1cccc(C(O)=C2C(=O)C(=O)N(Cc3ccccc3)C2c2ccc(O)cc2)c1. The maximum atomic E-state index is 13.1. The van der Waals surface area contributed by atoms with Gasteiger partial charge in [-0.05, 0) is 41.8 Å². The first-order valence-electron chi connectivity index (χ1n) is 10.8. The van der Waals surface area contributed by atoms with E-state index in [1.165, 1.54) is 17.0 Å². The van der Waals surface area contributed by atoms with E-state index < -0.39 is 17.7 Å². The van der Waals surface area contributed by atoms with E-state index in [1.54, 1.807) is 36.4 Å². The number of ether oxygens (including phenoxy) is 1. The Balaban J connectivity index is 1.81. The second-order valence-electron chi connectivity index (χ2n) is 7.88. The number of benzene rings is 3. The molecule has 0 radical (unpaired) electrons. The highest BCUT2D eigenvalue weighted by Gasteiger charge is 2.46. The summed E-state index contributed by atoms with van der Waals surface area (Å²) in [6.07, 6.45) is 0.835. The summed E-state index contributed by atoms with van der Waals surface area (Å²) < 4.78 is 5.66. The quantitative estimate of drug-likeness (QED) is 0.311. The van der Waals surface area contributed by atoms with Gasteiger partial charge in [0.15, 0.2) is 0 Å². The lowest BCUT2D eigenvalue weighted by Crippen LogP contribution is -2.29. The zero-order valence-corrected chi connectivity index (χ0v) is 18.3. The summed E-state index contributed by atoms with van der Waals surface area (Å²) in [4.78, 5) is 27.7. The molecule has 0 aromatic heterocycles. The molecule has 3 aromatic carbocycles. The molecule has 1 aliphatic heterocycles. The molecule has 0 saturated carbocycles. The Hall–Kier alpha value is -4.06. The highest BCUT2D eigenvalue weighted by molar-refractivity contribution is 6.46. The second kappa shape index (κ2) is 9.61. The molecule has 1 atom stereocenters. The van der Waals surface area contributed by atoms with Gasteiger partial charge in [0, 0.05) is 12.1 Å². The molecule has 1 amide bonds. The third-order valence-corrected chi connectivity index (χ3v) is 5.52. The number of hydrogen-bond acceptors (Lipinski definition) is 5. The van der Waals surface area contributed by atoms with Gasteiger partial charge < -0.3 is 19.8 Å². The first-order valence-corrected chi connectivity index (χ1v) is 10.8. The molecule has 1 saturated heterocycles. The van der Waals surface area contributed by atoms with Gasteiger partial charge in [-0.25, -0.2) is 0 Å². The van der Waals surface area contributed by atoms with Crippen molar-refractivity contribution in [3.05, 3.63) is 101 Å². The summed E-state index contributed by atoms with van der Waals surface area (Å²) in [5.41, 5.74) is 1.88. The number of ketones is 1. The van der Waals surface area contributed by atoms with E-state index in [0.717, 1.165) is 12.0 Å². The van der Waals surface area contributed by atoms with Crippen molar-refractivity contribution >= 4 is 17.4 Å². The molecular weight excluding hydrogens is 418 g/mol. The molecule has 1 aliphatic rings. The van der Waals surface area contributed by atoms with Crippen LogP contribution in [0.1, 0.15) is 36.1 Å². The number of carbonyl (C=O) groups excluding carboxylic acids is 2. The number of carbonyl (C=O) groups is 2. The molecule has 0 bridgehead atoms. The molecule has 6 heteroatoms. The van der Waals surface area contributed by atoms with E-state index in [-0.39, 0.29) is 23.6 Å². The van der Waals surface area contributed by atoms with Crippen molar-refractivity contribution in [3.63, 3.8) is 0 Å². The Kier molecular flexibility index (Phi) is 6.45. The van der Waals surface area contributed by atoms with Crippen LogP contribution in [0.2, 0.25) is 0 Å². The largest absolute Gasteiger partial charge is 0.508 e. The van der Waals surface area contributed by atoms with Crippen molar-refractivity contribution in [3.8, 4) is 11.5 Å². The minimum absolute atomic E-state index is 0.00858. The highest BCUT2D eigenvalue weighted by atomic mass is 16.5. The summed E-state index contributed by atoms with van der Waals surface area (Å²) in [7, 11) is 0. The first-order chi connectivity index (χ1) is 16.0. The maximum Gasteiger partial charge on any atom is 0.295 e. The molecule has 0 spiro atoms. The van der Waals surface area contributed by atoms with E-state index in [0.29, 0.717) is 23.5 Å². The van der Waals surface area contributed by atoms with Crippen LogP contribution in [0.25, 0.3) is 5.76 Å². The number of aliphatic hydroxyl groups excluding tert-OH is 1. The van der Waals surface area contributed by atoms with Crippen LogP contribution in [0.4, 0.5) is 0 Å². The molecule has 1 heterocycles. The van der Waals surface area contributed by atoms with Gasteiger partial charge >= 0.3 is 0 Å². The summed E-state index contributed by atoms with van der Waals surface area (Å²) in [5.74, 6) is -1.05. The molecule has 4 rings (SSSR count). The fourth-order valence-electron chi connectivity index (χ4n) is 3.93. The number of aliphatic hydroxyl groups is 1. The predicted molar refractivity (Wildman–Crippen MR) is 125 cm³/mol. The van der Waals surface area contributed by atoms with Gasteiger partial charge in [0.1, 0.15) is 17.3 Å². The van der Waals surface area contributed by atoms with Crippen LogP contribution in [-0.2, 0) is 16.1 Å². The van der Waals surface area contributed by atoms with Crippen LogP contribution in [0, 0.1) is 0 Å². The van der Waals surface area contributed by atoms with Gasteiger partial charge in [-0.3, -0.25) is 9.59 Å². The van der Waals surface area contributed by atoms with E-state index in [4.69, 9.17) is 4.74 Å². The number of phenols is 1. The summed E-state index contributed by atoms with van der Waals surface area (Å²) >= 11 is 0. The van der Waals surface area contributed by atoms with Crippen molar-refractivity contribution in [2.75, 3.05) is 6.61 Å². The van der Waals surface area contributed by atoms with E-state index >= 15 is 0 Å². The second-order valence-corrected chi connectivity index (χ2v) is 7.88. The van der Waals surface area contributed by atoms with E-state index in [1.807, 2.05) is 37.3 Å². The zero-order chi connectivity index (χ0) is 23.4. The fraction of sp³-hybridized carbons (Fsp3) is 0.185.